The Morgan fingerprint density at radius 2 is 1.59 bits per heavy atom. The summed E-state index contributed by atoms with van der Waals surface area (Å²) in [7, 11) is 0. The molecule has 1 saturated heterocycles. The molecule has 0 radical (unpaired) electrons. The predicted molar refractivity (Wildman–Crippen MR) is 127 cm³/mol. The molecular weight excluding hydrogens is 402 g/mol. The van der Waals surface area contributed by atoms with Crippen molar-refractivity contribution in [2.45, 2.75) is 6.54 Å². The highest BCUT2D eigenvalue weighted by Crippen LogP contribution is 2.24. The number of hydrogen-bond acceptors (Lipinski definition) is 4. The fourth-order valence-electron chi connectivity index (χ4n) is 4.29. The van der Waals surface area contributed by atoms with E-state index in [2.05, 4.69) is 10.2 Å². The van der Waals surface area contributed by atoms with E-state index < -0.39 is 0 Å². The summed E-state index contributed by atoms with van der Waals surface area (Å²) in [6.45, 7) is 4.71. The van der Waals surface area contributed by atoms with Crippen LogP contribution in [-0.4, -0.2) is 48.2 Å². The van der Waals surface area contributed by atoms with Crippen molar-refractivity contribution in [1.29, 1.82) is 0 Å². The van der Waals surface area contributed by atoms with Gasteiger partial charge >= 0.3 is 0 Å². The molecule has 0 spiro atoms. The van der Waals surface area contributed by atoms with Gasteiger partial charge in [0.25, 0.3) is 11.5 Å². The summed E-state index contributed by atoms with van der Waals surface area (Å²) in [6, 6.07) is 20.9. The Hall–Kier alpha value is -3.48. The standard InChI is InChI=1S/C26H25N3O3/c30-25(22-8-3-6-19-5-1-2-7-20(19)22)27-24-10-4-9-23-21(24)11-12-29(26(23)31)14-13-28-15-17-32-18-16-28/h1-12H,13-18H2,(H,27,30). The fraction of sp³-hybridized carbons (Fsp3) is 0.231. The number of nitrogens with zero attached hydrogens (tertiary/aromatic N) is 2. The monoisotopic (exact) mass is 427 g/mol. The number of hydrogen-bond donors (Lipinski definition) is 1. The van der Waals surface area contributed by atoms with Crippen molar-refractivity contribution in [3.8, 4) is 0 Å². The van der Waals surface area contributed by atoms with Gasteiger partial charge in [0, 0.05) is 54.4 Å². The van der Waals surface area contributed by atoms with E-state index in [9.17, 15) is 9.59 Å². The van der Waals surface area contributed by atoms with E-state index in [0.717, 1.165) is 49.0 Å². The van der Waals surface area contributed by atoms with E-state index in [0.29, 0.717) is 23.2 Å². The van der Waals surface area contributed by atoms with E-state index in [1.54, 1.807) is 4.57 Å². The number of nitrogens with one attached hydrogen (secondary N) is 1. The lowest BCUT2D eigenvalue weighted by Gasteiger charge is -2.26. The van der Waals surface area contributed by atoms with E-state index in [4.69, 9.17) is 4.74 Å². The number of rotatable bonds is 5. The average Bonchev–Trinajstić information content (AvgIpc) is 2.84. The SMILES string of the molecule is O=C(Nc1cccc2c(=O)n(CCN3CCOCC3)ccc12)c1cccc2ccccc12. The number of fused-ring (bicyclic) bond motifs is 2. The molecule has 0 atom stereocenters. The first-order chi connectivity index (χ1) is 15.7. The minimum absolute atomic E-state index is 0.0444. The summed E-state index contributed by atoms with van der Waals surface area (Å²) >= 11 is 0. The number of aromatic nitrogens is 1. The van der Waals surface area contributed by atoms with Crippen molar-refractivity contribution in [1.82, 2.24) is 9.47 Å². The Balaban J connectivity index is 1.41. The summed E-state index contributed by atoms with van der Waals surface area (Å²) < 4.78 is 7.13. The third-order valence-electron chi connectivity index (χ3n) is 6.06. The third kappa shape index (κ3) is 4.02. The Bertz CT molecular complexity index is 1330. The van der Waals surface area contributed by atoms with Gasteiger partial charge in [0.15, 0.2) is 0 Å². The zero-order valence-electron chi connectivity index (χ0n) is 17.8. The molecule has 1 aliphatic rings. The fourth-order valence-corrected chi connectivity index (χ4v) is 4.29. The Kier molecular flexibility index (Phi) is 5.71. The van der Waals surface area contributed by atoms with Crippen LogP contribution in [0.25, 0.3) is 21.5 Å². The molecule has 0 bridgehead atoms. The van der Waals surface area contributed by atoms with Crippen LogP contribution in [0.1, 0.15) is 10.4 Å². The zero-order valence-corrected chi connectivity index (χ0v) is 17.8. The van der Waals surface area contributed by atoms with E-state index >= 15 is 0 Å². The minimum Gasteiger partial charge on any atom is -0.379 e. The number of carbonyl (C=O) groups is 1. The van der Waals surface area contributed by atoms with Gasteiger partial charge < -0.3 is 14.6 Å². The molecule has 1 aliphatic heterocycles. The molecule has 1 aromatic heterocycles. The summed E-state index contributed by atoms with van der Waals surface area (Å²) in [5.74, 6) is -0.189. The van der Waals surface area contributed by atoms with Crippen molar-refractivity contribution >= 4 is 33.1 Å². The average molecular weight is 428 g/mol. The van der Waals surface area contributed by atoms with Gasteiger partial charge in [-0.2, -0.15) is 0 Å². The summed E-state index contributed by atoms with van der Waals surface area (Å²) in [4.78, 5) is 28.5. The summed E-state index contributed by atoms with van der Waals surface area (Å²) in [5, 5.41) is 6.28. The lowest BCUT2D eigenvalue weighted by molar-refractivity contribution is 0.0363. The van der Waals surface area contributed by atoms with Gasteiger partial charge in [-0.1, -0.05) is 42.5 Å². The molecule has 32 heavy (non-hydrogen) atoms. The van der Waals surface area contributed by atoms with E-state index in [1.807, 2.05) is 72.9 Å². The van der Waals surface area contributed by atoms with Crippen LogP contribution in [0.4, 0.5) is 5.69 Å². The number of amides is 1. The lowest BCUT2D eigenvalue weighted by Crippen LogP contribution is -2.39. The quantitative estimate of drug-likeness (QED) is 0.527. The summed E-state index contributed by atoms with van der Waals surface area (Å²) in [6.07, 6.45) is 1.82. The van der Waals surface area contributed by atoms with Crippen molar-refractivity contribution in [2.75, 3.05) is 38.2 Å². The molecular formula is C26H25N3O3. The van der Waals surface area contributed by atoms with Crippen molar-refractivity contribution < 1.29 is 9.53 Å². The molecule has 0 unspecified atom stereocenters. The zero-order chi connectivity index (χ0) is 21.9. The van der Waals surface area contributed by atoms with Gasteiger partial charge in [0.1, 0.15) is 0 Å². The maximum atomic E-state index is 13.1. The van der Waals surface area contributed by atoms with Crippen LogP contribution in [0.15, 0.2) is 77.7 Å². The van der Waals surface area contributed by atoms with Crippen LogP contribution in [0.5, 0.6) is 0 Å². The molecule has 1 fully saturated rings. The normalized spacial score (nSPS) is 14.6. The van der Waals surface area contributed by atoms with Crippen LogP contribution in [0.3, 0.4) is 0 Å². The molecule has 162 valence electrons. The smallest absolute Gasteiger partial charge is 0.258 e. The van der Waals surface area contributed by atoms with E-state index in [-0.39, 0.29) is 11.5 Å². The van der Waals surface area contributed by atoms with Gasteiger partial charge in [-0.15, -0.1) is 0 Å². The number of morpholine rings is 1. The number of ether oxygens (including phenoxy) is 1. The van der Waals surface area contributed by atoms with Crippen LogP contribution >= 0.6 is 0 Å². The van der Waals surface area contributed by atoms with Crippen molar-refractivity contribution in [3.63, 3.8) is 0 Å². The van der Waals surface area contributed by atoms with Crippen LogP contribution in [0, 0.1) is 0 Å². The van der Waals surface area contributed by atoms with Gasteiger partial charge in [0.05, 0.1) is 13.2 Å². The third-order valence-corrected chi connectivity index (χ3v) is 6.06. The molecule has 6 nitrogen and oxygen atoms in total. The molecule has 3 aromatic carbocycles. The first kappa shape index (κ1) is 20.4. The topological polar surface area (TPSA) is 63.6 Å². The van der Waals surface area contributed by atoms with Crippen molar-refractivity contribution in [3.05, 3.63) is 88.8 Å². The number of carbonyl (C=O) groups excluding carboxylic acids is 1. The highest BCUT2D eigenvalue weighted by molar-refractivity contribution is 6.15. The van der Waals surface area contributed by atoms with Crippen LogP contribution in [0.2, 0.25) is 0 Å². The van der Waals surface area contributed by atoms with Gasteiger partial charge in [-0.05, 0) is 35.0 Å². The largest absolute Gasteiger partial charge is 0.379 e. The van der Waals surface area contributed by atoms with Crippen LogP contribution in [-0.2, 0) is 11.3 Å². The molecule has 6 heteroatoms. The Labute approximate surface area is 186 Å². The number of anilines is 1. The Morgan fingerprint density at radius 3 is 2.47 bits per heavy atom. The summed E-state index contributed by atoms with van der Waals surface area (Å²) in [5.41, 5.74) is 1.20. The second-order valence-corrected chi connectivity index (χ2v) is 8.02. The maximum Gasteiger partial charge on any atom is 0.258 e. The van der Waals surface area contributed by atoms with Gasteiger partial charge in [-0.3, -0.25) is 14.5 Å². The number of pyridine rings is 1. The molecule has 1 N–H and O–H groups in total. The highest BCUT2D eigenvalue weighted by atomic mass is 16.5. The predicted octanol–water partition coefficient (Wildman–Crippen LogP) is 3.74. The first-order valence-corrected chi connectivity index (χ1v) is 10.9. The second kappa shape index (κ2) is 8.94. The van der Waals surface area contributed by atoms with Gasteiger partial charge in [-0.25, -0.2) is 0 Å². The Morgan fingerprint density at radius 1 is 0.844 bits per heavy atom. The molecule has 2 heterocycles. The maximum absolute atomic E-state index is 13.1. The molecule has 1 amide bonds. The highest BCUT2D eigenvalue weighted by Gasteiger charge is 2.14. The minimum atomic E-state index is -0.189. The van der Waals surface area contributed by atoms with Crippen LogP contribution < -0.4 is 10.9 Å². The lowest BCUT2D eigenvalue weighted by atomic mass is 10.0. The molecule has 5 rings (SSSR count). The molecule has 0 aliphatic carbocycles. The number of benzene rings is 3. The van der Waals surface area contributed by atoms with Gasteiger partial charge in [0.2, 0.25) is 0 Å². The van der Waals surface area contributed by atoms with Crippen molar-refractivity contribution in [2.24, 2.45) is 0 Å². The van der Waals surface area contributed by atoms with E-state index in [1.165, 1.54) is 0 Å². The molecule has 0 saturated carbocycles. The molecule has 4 aromatic rings. The first-order valence-electron chi connectivity index (χ1n) is 10.9. The second-order valence-electron chi connectivity index (χ2n) is 8.02.